The molecule has 1 heterocycles. The smallest absolute Gasteiger partial charge is 0.266 e. The van der Waals surface area contributed by atoms with Crippen molar-refractivity contribution in [3.8, 4) is 0 Å². The van der Waals surface area contributed by atoms with Gasteiger partial charge in [0.2, 0.25) is 0 Å². The van der Waals surface area contributed by atoms with E-state index in [0.717, 1.165) is 36.1 Å². The molecule has 0 spiro atoms. The molecule has 4 nitrogen and oxygen atoms in total. The van der Waals surface area contributed by atoms with E-state index in [-0.39, 0.29) is 11.3 Å². The minimum absolute atomic E-state index is 0.0798. The molecule has 21 heavy (non-hydrogen) atoms. The van der Waals surface area contributed by atoms with Crippen LogP contribution in [0.25, 0.3) is 0 Å². The van der Waals surface area contributed by atoms with Crippen LogP contribution < -0.4 is 5.56 Å². The standard InChI is InChI=1S/C17H18N2O2/c1-19-17(21)11-14-9-12(7-8-15(14)18-19)10-16(20)13-5-3-2-4-6-13/h2-6,11-12H,7-10H2,1H3. The fourth-order valence-electron chi connectivity index (χ4n) is 2.94. The van der Waals surface area contributed by atoms with Crippen molar-refractivity contribution in [3.05, 3.63) is 63.6 Å². The zero-order valence-electron chi connectivity index (χ0n) is 12.1. The fourth-order valence-corrected chi connectivity index (χ4v) is 2.94. The van der Waals surface area contributed by atoms with Gasteiger partial charge in [-0.3, -0.25) is 9.59 Å². The summed E-state index contributed by atoms with van der Waals surface area (Å²) in [6.07, 6.45) is 3.11. The van der Waals surface area contributed by atoms with Crippen LogP contribution >= 0.6 is 0 Å². The molecule has 0 radical (unpaired) electrons. The molecule has 0 saturated heterocycles. The van der Waals surface area contributed by atoms with Crippen molar-refractivity contribution in [1.82, 2.24) is 9.78 Å². The predicted octanol–water partition coefficient (Wildman–Crippen LogP) is 2.16. The van der Waals surface area contributed by atoms with Gasteiger partial charge in [0.15, 0.2) is 5.78 Å². The van der Waals surface area contributed by atoms with Crippen molar-refractivity contribution in [3.63, 3.8) is 0 Å². The van der Waals surface area contributed by atoms with Crippen molar-refractivity contribution in [2.24, 2.45) is 13.0 Å². The number of ketones is 1. The lowest BCUT2D eigenvalue weighted by Gasteiger charge is -2.23. The second-order valence-corrected chi connectivity index (χ2v) is 5.68. The Balaban J connectivity index is 1.73. The molecule has 0 N–H and O–H groups in total. The highest BCUT2D eigenvalue weighted by Gasteiger charge is 2.23. The molecule has 4 heteroatoms. The van der Waals surface area contributed by atoms with Crippen molar-refractivity contribution < 1.29 is 4.79 Å². The van der Waals surface area contributed by atoms with Crippen molar-refractivity contribution >= 4 is 5.78 Å². The van der Waals surface area contributed by atoms with Gasteiger partial charge in [-0.25, -0.2) is 4.68 Å². The summed E-state index contributed by atoms with van der Waals surface area (Å²) in [5.74, 6) is 0.486. The lowest BCUT2D eigenvalue weighted by Crippen LogP contribution is -2.26. The molecule has 0 saturated carbocycles. The second-order valence-electron chi connectivity index (χ2n) is 5.68. The summed E-state index contributed by atoms with van der Waals surface area (Å²) < 4.78 is 1.38. The third kappa shape index (κ3) is 2.94. The Bertz CT molecular complexity index is 719. The van der Waals surface area contributed by atoms with E-state index in [1.165, 1.54) is 4.68 Å². The van der Waals surface area contributed by atoms with Gasteiger partial charge in [-0.15, -0.1) is 0 Å². The minimum Gasteiger partial charge on any atom is -0.294 e. The van der Waals surface area contributed by atoms with E-state index in [2.05, 4.69) is 5.10 Å². The molecule has 1 aromatic carbocycles. The number of carbonyl (C=O) groups is 1. The first kappa shape index (κ1) is 13.7. The summed E-state index contributed by atoms with van der Waals surface area (Å²) in [4.78, 5) is 23.9. The van der Waals surface area contributed by atoms with Crippen LogP contribution in [0.5, 0.6) is 0 Å². The summed E-state index contributed by atoms with van der Waals surface area (Å²) in [7, 11) is 1.67. The van der Waals surface area contributed by atoms with Gasteiger partial charge in [0.05, 0.1) is 5.69 Å². The Morgan fingerprint density at radius 3 is 2.86 bits per heavy atom. The Morgan fingerprint density at radius 1 is 1.33 bits per heavy atom. The van der Waals surface area contributed by atoms with Crippen LogP contribution in [0.15, 0.2) is 41.2 Å². The fraction of sp³-hybridized carbons (Fsp3) is 0.353. The largest absolute Gasteiger partial charge is 0.294 e. The third-order valence-electron chi connectivity index (χ3n) is 4.13. The minimum atomic E-state index is -0.0798. The summed E-state index contributed by atoms with van der Waals surface area (Å²) in [5.41, 5.74) is 2.70. The Morgan fingerprint density at radius 2 is 2.10 bits per heavy atom. The Hall–Kier alpha value is -2.23. The average molecular weight is 282 g/mol. The predicted molar refractivity (Wildman–Crippen MR) is 80.4 cm³/mol. The van der Waals surface area contributed by atoms with Crippen LogP contribution in [0.4, 0.5) is 0 Å². The van der Waals surface area contributed by atoms with E-state index in [4.69, 9.17) is 0 Å². The lowest BCUT2D eigenvalue weighted by atomic mass is 9.83. The van der Waals surface area contributed by atoms with E-state index in [1.54, 1.807) is 13.1 Å². The van der Waals surface area contributed by atoms with Crippen LogP contribution in [-0.4, -0.2) is 15.6 Å². The highest BCUT2D eigenvalue weighted by atomic mass is 16.1. The molecule has 0 fully saturated rings. The van der Waals surface area contributed by atoms with Gasteiger partial charge in [-0.05, 0) is 30.7 Å². The number of nitrogens with zero attached hydrogens (tertiary/aromatic N) is 2. The van der Waals surface area contributed by atoms with E-state index < -0.39 is 0 Å². The maximum atomic E-state index is 12.3. The van der Waals surface area contributed by atoms with Gasteiger partial charge in [0.1, 0.15) is 0 Å². The third-order valence-corrected chi connectivity index (χ3v) is 4.13. The van der Waals surface area contributed by atoms with Gasteiger partial charge in [-0.1, -0.05) is 30.3 Å². The molecule has 1 atom stereocenters. The number of rotatable bonds is 3. The zero-order chi connectivity index (χ0) is 14.8. The molecular formula is C17H18N2O2. The van der Waals surface area contributed by atoms with Gasteiger partial charge in [0, 0.05) is 25.1 Å². The van der Waals surface area contributed by atoms with Gasteiger partial charge < -0.3 is 0 Å². The second kappa shape index (κ2) is 5.64. The van der Waals surface area contributed by atoms with Crippen LogP contribution in [-0.2, 0) is 19.9 Å². The van der Waals surface area contributed by atoms with Crippen molar-refractivity contribution in [1.29, 1.82) is 0 Å². The summed E-state index contributed by atoms with van der Waals surface area (Å²) >= 11 is 0. The summed E-state index contributed by atoms with van der Waals surface area (Å²) in [6, 6.07) is 11.1. The first-order chi connectivity index (χ1) is 10.1. The molecule has 3 rings (SSSR count). The average Bonchev–Trinajstić information content (AvgIpc) is 2.49. The maximum Gasteiger partial charge on any atom is 0.266 e. The van der Waals surface area contributed by atoms with Gasteiger partial charge in [0.25, 0.3) is 5.56 Å². The van der Waals surface area contributed by atoms with E-state index in [9.17, 15) is 9.59 Å². The quantitative estimate of drug-likeness (QED) is 0.811. The molecule has 2 aromatic rings. The molecule has 0 bridgehead atoms. The van der Waals surface area contributed by atoms with E-state index in [0.29, 0.717) is 12.3 Å². The number of aromatic nitrogens is 2. The number of fused-ring (bicyclic) bond motifs is 1. The number of hydrogen-bond acceptors (Lipinski definition) is 3. The molecule has 1 aromatic heterocycles. The lowest BCUT2D eigenvalue weighted by molar-refractivity contribution is 0.0957. The Kier molecular flexibility index (Phi) is 3.69. The highest BCUT2D eigenvalue weighted by Crippen LogP contribution is 2.26. The van der Waals surface area contributed by atoms with Crippen molar-refractivity contribution in [2.75, 3.05) is 0 Å². The molecule has 1 aliphatic rings. The molecule has 0 aliphatic heterocycles. The summed E-state index contributed by atoms with van der Waals surface area (Å²) in [6.45, 7) is 0. The first-order valence-corrected chi connectivity index (χ1v) is 7.28. The van der Waals surface area contributed by atoms with Crippen LogP contribution in [0, 0.1) is 5.92 Å². The monoisotopic (exact) mass is 282 g/mol. The summed E-state index contributed by atoms with van der Waals surface area (Å²) in [5, 5.41) is 4.30. The molecule has 108 valence electrons. The maximum absolute atomic E-state index is 12.3. The number of benzene rings is 1. The van der Waals surface area contributed by atoms with Crippen LogP contribution in [0.1, 0.15) is 34.5 Å². The van der Waals surface area contributed by atoms with Crippen LogP contribution in [0.3, 0.4) is 0 Å². The van der Waals surface area contributed by atoms with Gasteiger partial charge >= 0.3 is 0 Å². The van der Waals surface area contributed by atoms with Crippen LogP contribution in [0.2, 0.25) is 0 Å². The first-order valence-electron chi connectivity index (χ1n) is 7.28. The highest BCUT2D eigenvalue weighted by molar-refractivity contribution is 5.96. The van der Waals surface area contributed by atoms with Crippen molar-refractivity contribution in [2.45, 2.75) is 25.7 Å². The normalized spacial score (nSPS) is 17.3. The topological polar surface area (TPSA) is 52.0 Å². The SMILES string of the molecule is Cn1nc2c(cc1=O)CC(CC(=O)c1ccccc1)CC2. The van der Waals surface area contributed by atoms with E-state index in [1.807, 2.05) is 30.3 Å². The number of Topliss-reactive ketones (excluding diaryl/α,β-unsaturated/α-hetero) is 1. The van der Waals surface area contributed by atoms with E-state index >= 15 is 0 Å². The molecule has 1 aliphatic carbocycles. The van der Waals surface area contributed by atoms with Gasteiger partial charge in [-0.2, -0.15) is 5.10 Å². The number of carbonyl (C=O) groups excluding carboxylic acids is 1. The molecule has 1 unspecified atom stereocenters. The number of hydrogen-bond donors (Lipinski definition) is 0. The zero-order valence-corrected chi connectivity index (χ0v) is 12.1. The number of aryl methyl sites for hydroxylation is 2. The Labute approximate surface area is 123 Å². The molecular weight excluding hydrogens is 264 g/mol. The molecule has 0 amide bonds.